The summed E-state index contributed by atoms with van der Waals surface area (Å²) in [5.41, 5.74) is 1.12. The molecule has 0 aromatic heterocycles. The Bertz CT molecular complexity index is 197. The predicted octanol–water partition coefficient (Wildman–Crippen LogP) is 4.74. The molecule has 0 heterocycles. The minimum atomic E-state index is 0.485. The lowest BCUT2D eigenvalue weighted by Gasteiger charge is -2.58. The van der Waals surface area contributed by atoms with Gasteiger partial charge in [-0.15, -0.1) is 0 Å². The Hall–Kier alpha value is 0. The van der Waals surface area contributed by atoms with E-state index in [0.29, 0.717) is 10.8 Å². The van der Waals surface area contributed by atoms with Crippen LogP contribution in [0.1, 0.15) is 61.3 Å². The van der Waals surface area contributed by atoms with Crippen molar-refractivity contribution in [3.05, 3.63) is 0 Å². The maximum atomic E-state index is 2.46. The zero-order chi connectivity index (χ0) is 11.1. The highest BCUT2D eigenvalue weighted by Crippen LogP contribution is 2.60. The maximum absolute atomic E-state index is 2.46. The van der Waals surface area contributed by atoms with Crippen molar-refractivity contribution < 1.29 is 0 Å². The summed E-state index contributed by atoms with van der Waals surface area (Å²) in [6, 6.07) is 0. The first-order valence-corrected chi connectivity index (χ1v) is 6.19. The molecule has 0 aromatic rings. The molecular formula is C14H28. The highest BCUT2D eigenvalue weighted by atomic mass is 14.6. The maximum Gasteiger partial charge on any atom is -0.0239 e. The Morgan fingerprint density at radius 1 is 1.21 bits per heavy atom. The average molecular weight is 196 g/mol. The van der Waals surface area contributed by atoms with Crippen molar-refractivity contribution in [1.82, 2.24) is 0 Å². The third-order valence-corrected chi connectivity index (χ3v) is 4.47. The minimum absolute atomic E-state index is 0.485. The summed E-state index contributed by atoms with van der Waals surface area (Å²) in [5, 5.41) is 0. The van der Waals surface area contributed by atoms with Gasteiger partial charge in [-0.1, -0.05) is 48.5 Å². The molecule has 0 radical (unpaired) electrons. The van der Waals surface area contributed by atoms with E-state index >= 15 is 0 Å². The van der Waals surface area contributed by atoms with E-state index in [0.717, 1.165) is 17.8 Å². The number of rotatable bonds is 2. The van der Waals surface area contributed by atoms with Crippen LogP contribution in [-0.4, -0.2) is 0 Å². The highest BCUT2D eigenvalue weighted by molar-refractivity contribution is 5.01. The van der Waals surface area contributed by atoms with Crippen LogP contribution in [0.4, 0.5) is 0 Å². The normalized spacial score (nSPS) is 38.6. The van der Waals surface area contributed by atoms with Crippen LogP contribution in [0.5, 0.6) is 0 Å². The third kappa shape index (κ3) is 1.99. The fourth-order valence-electron chi connectivity index (χ4n) is 3.55. The number of hydrogen-bond donors (Lipinski definition) is 0. The Kier molecular flexibility index (Phi) is 3.05. The van der Waals surface area contributed by atoms with Crippen molar-refractivity contribution >= 4 is 0 Å². The average Bonchev–Trinajstić information content (AvgIpc) is 2.00. The largest absolute Gasteiger partial charge is 0.0622 e. The molecule has 1 saturated carbocycles. The van der Waals surface area contributed by atoms with E-state index in [2.05, 4.69) is 48.5 Å². The van der Waals surface area contributed by atoms with Crippen LogP contribution >= 0.6 is 0 Å². The van der Waals surface area contributed by atoms with E-state index in [9.17, 15) is 0 Å². The molecule has 84 valence electrons. The van der Waals surface area contributed by atoms with E-state index in [1.807, 2.05) is 0 Å². The first-order valence-electron chi connectivity index (χ1n) is 6.19. The zero-order valence-electron chi connectivity index (χ0n) is 11.1. The van der Waals surface area contributed by atoms with Crippen LogP contribution in [-0.2, 0) is 0 Å². The molecule has 0 heteroatoms. The quantitative estimate of drug-likeness (QED) is 0.598. The summed E-state index contributed by atoms with van der Waals surface area (Å²) in [6.07, 6.45) is 2.84. The van der Waals surface area contributed by atoms with Crippen molar-refractivity contribution in [3.63, 3.8) is 0 Å². The Balaban J connectivity index is 2.76. The van der Waals surface area contributed by atoms with Crippen LogP contribution in [0.3, 0.4) is 0 Å². The van der Waals surface area contributed by atoms with Gasteiger partial charge in [0.05, 0.1) is 0 Å². The van der Waals surface area contributed by atoms with Crippen molar-refractivity contribution in [2.45, 2.75) is 61.3 Å². The van der Waals surface area contributed by atoms with Gasteiger partial charge in [-0.2, -0.15) is 0 Å². The molecule has 0 aliphatic heterocycles. The molecular weight excluding hydrogens is 168 g/mol. The fourth-order valence-corrected chi connectivity index (χ4v) is 3.55. The molecule has 0 spiro atoms. The van der Waals surface area contributed by atoms with Crippen molar-refractivity contribution in [3.8, 4) is 0 Å². The Labute approximate surface area is 90.5 Å². The minimum Gasteiger partial charge on any atom is -0.0622 e. The zero-order valence-corrected chi connectivity index (χ0v) is 11.1. The van der Waals surface area contributed by atoms with Gasteiger partial charge < -0.3 is 0 Å². The second-order valence-electron chi connectivity index (χ2n) is 7.10. The van der Waals surface area contributed by atoms with E-state index in [-0.39, 0.29) is 0 Å². The first kappa shape index (κ1) is 12.1. The van der Waals surface area contributed by atoms with Gasteiger partial charge in [0.15, 0.2) is 0 Å². The Morgan fingerprint density at radius 3 is 1.93 bits per heavy atom. The fraction of sp³-hybridized carbons (Fsp3) is 1.00. The SMILES string of the molecule is CC1CC(CC(C)(C)C)(C(C)C)C1C. The van der Waals surface area contributed by atoms with E-state index < -0.39 is 0 Å². The highest BCUT2D eigenvalue weighted by Gasteiger charge is 2.51. The summed E-state index contributed by atoms with van der Waals surface area (Å²) >= 11 is 0. The summed E-state index contributed by atoms with van der Waals surface area (Å²) in [5.74, 6) is 2.70. The monoisotopic (exact) mass is 196 g/mol. The second-order valence-corrected chi connectivity index (χ2v) is 7.10. The molecule has 1 aliphatic rings. The van der Waals surface area contributed by atoms with Gasteiger partial charge in [-0.05, 0) is 41.4 Å². The lowest BCUT2D eigenvalue weighted by molar-refractivity contribution is -0.0902. The summed E-state index contributed by atoms with van der Waals surface area (Å²) in [4.78, 5) is 0. The molecule has 0 aromatic carbocycles. The first-order chi connectivity index (χ1) is 6.19. The van der Waals surface area contributed by atoms with Gasteiger partial charge in [0.1, 0.15) is 0 Å². The smallest absolute Gasteiger partial charge is 0.0239 e. The molecule has 1 fully saturated rings. The molecule has 0 bridgehead atoms. The predicted molar refractivity (Wildman–Crippen MR) is 64.3 cm³/mol. The number of hydrogen-bond acceptors (Lipinski definition) is 0. The van der Waals surface area contributed by atoms with Gasteiger partial charge in [0, 0.05) is 0 Å². The van der Waals surface area contributed by atoms with Crippen molar-refractivity contribution in [2.24, 2.45) is 28.6 Å². The van der Waals surface area contributed by atoms with Gasteiger partial charge in [0.25, 0.3) is 0 Å². The molecule has 3 atom stereocenters. The van der Waals surface area contributed by atoms with E-state index in [1.54, 1.807) is 0 Å². The molecule has 0 amide bonds. The standard InChI is InChI=1S/C14H28/c1-10(2)14(9-13(5,6)7)8-11(3)12(14)4/h10-12H,8-9H2,1-7H3. The molecule has 0 N–H and O–H groups in total. The van der Waals surface area contributed by atoms with Gasteiger partial charge >= 0.3 is 0 Å². The third-order valence-electron chi connectivity index (χ3n) is 4.47. The van der Waals surface area contributed by atoms with Crippen LogP contribution in [0, 0.1) is 28.6 Å². The van der Waals surface area contributed by atoms with Gasteiger partial charge in [0.2, 0.25) is 0 Å². The summed E-state index contributed by atoms with van der Waals surface area (Å²) < 4.78 is 0. The van der Waals surface area contributed by atoms with Crippen LogP contribution in [0.2, 0.25) is 0 Å². The second kappa shape index (κ2) is 3.54. The molecule has 1 aliphatic carbocycles. The van der Waals surface area contributed by atoms with E-state index in [1.165, 1.54) is 12.8 Å². The van der Waals surface area contributed by atoms with Crippen molar-refractivity contribution in [2.75, 3.05) is 0 Å². The van der Waals surface area contributed by atoms with Crippen LogP contribution < -0.4 is 0 Å². The van der Waals surface area contributed by atoms with Crippen molar-refractivity contribution in [1.29, 1.82) is 0 Å². The molecule has 3 unspecified atom stereocenters. The topological polar surface area (TPSA) is 0 Å². The lowest BCUT2D eigenvalue weighted by atomic mass is 9.47. The Morgan fingerprint density at radius 2 is 1.71 bits per heavy atom. The van der Waals surface area contributed by atoms with E-state index in [4.69, 9.17) is 0 Å². The molecule has 14 heavy (non-hydrogen) atoms. The van der Waals surface area contributed by atoms with Crippen LogP contribution in [0.15, 0.2) is 0 Å². The molecule has 0 saturated heterocycles. The van der Waals surface area contributed by atoms with Gasteiger partial charge in [-0.3, -0.25) is 0 Å². The lowest BCUT2D eigenvalue weighted by Crippen LogP contribution is -2.50. The molecule has 1 rings (SSSR count). The summed E-state index contributed by atoms with van der Waals surface area (Å²) in [7, 11) is 0. The summed E-state index contributed by atoms with van der Waals surface area (Å²) in [6.45, 7) is 16.8. The molecule has 0 nitrogen and oxygen atoms in total. The van der Waals surface area contributed by atoms with Gasteiger partial charge in [-0.25, -0.2) is 0 Å². The van der Waals surface area contributed by atoms with Crippen LogP contribution in [0.25, 0.3) is 0 Å².